The van der Waals surface area contributed by atoms with E-state index < -0.39 is 0 Å². The van der Waals surface area contributed by atoms with Gasteiger partial charge in [0.05, 0.1) is 6.10 Å². The van der Waals surface area contributed by atoms with Crippen LogP contribution < -0.4 is 0 Å². The first-order chi connectivity index (χ1) is 9.24. The highest BCUT2D eigenvalue weighted by molar-refractivity contribution is 4.84. The number of rotatable bonds is 5. The summed E-state index contributed by atoms with van der Waals surface area (Å²) in [6, 6.07) is 0. The summed E-state index contributed by atoms with van der Waals surface area (Å²) >= 11 is 0. The van der Waals surface area contributed by atoms with E-state index in [0.29, 0.717) is 6.10 Å². The molecule has 19 heavy (non-hydrogen) atoms. The van der Waals surface area contributed by atoms with E-state index in [4.69, 9.17) is 4.74 Å². The van der Waals surface area contributed by atoms with Gasteiger partial charge in [0.1, 0.15) is 0 Å². The second-order valence-corrected chi connectivity index (χ2v) is 7.25. The second kappa shape index (κ2) is 7.67. The SMILES string of the molecule is CCCCC1CCC(C2CC[C@@H](OC)[C@H](C)C2)CC1. The minimum absolute atomic E-state index is 0.539. The Morgan fingerprint density at radius 3 is 2.21 bits per heavy atom. The molecule has 0 heterocycles. The van der Waals surface area contributed by atoms with Gasteiger partial charge in [-0.1, -0.05) is 46.0 Å². The van der Waals surface area contributed by atoms with Gasteiger partial charge in [-0.15, -0.1) is 0 Å². The van der Waals surface area contributed by atoms with Crippen molar-refractivity contribution >= 4 is 0 Å². The predicted molar refractivity (Wildman–Crippen MR) is 82.3 cm³/mol. The average molecular weight is 266 g/mol. The Kier molecular flexibility index (Phi) is 6.19. The van der Waals surface area contributed by atoms with Gasteiger partial charge in [-0.2, -0.15) is 0 Å². The van der Waals surface area contributed by atoms with Crippen LogP contribution in [0.2, 0.25) is 0 Å². The van der Waals surface area contributed by atoms with Gasteiger partial charge < -0.3 is 4.74 Å². The molecule has 1 heteroatoms. The van der Waals surface area contributed by atoms with Crippen LogP contribution in [0.25, 0.3) is 0 Å². The molecule has 0 bridgehead atoms. The van der Waals surface area contributed by atoms with Crippen molar-refractivity contribution in [1.82, 2.24) is 0 Å². The molecule has 2 rings (SSSR count). The molecular weight excluding hydrogens is 232 g/mol. The number of methoxy groups -OCH3 is 1. The molecule has 2 aliphatic carbocycles. The summed E-state index contributed by atoms with van der Waals surface area (Å²) in [6.07, 6.45) is 15.1. The normalized spacial score (nSPS) is 40.3. The van der Waals surface area contributed by atoms with Crippen LogP contribution in [-0.2, 0) is 4.74 Å². The quantitative estimate of drug-likeness (QED) is 0.644. The highest BCUT2D eigenvalue weighted by Crippen LogP contribution is 2.42. The average Bonchev–Trinajstić information content (AvgIpc) is 2.45. The number of hydrogen-bond acceptors (Lipinski definition) is 1. The first-order valence-electron chi connectivity index (χ1n) is 8.77. The minimum Gasteiger partial charge on any atom is -0.381 e. The third-order valence-electron chi connectivity index (χ3n) is 5.96. The fourth-order valence-electron chi connectivity index (χ4n) is 4.63. The summed E-state index contributed by atoms with van der Waals surface area (Å²) in [6.45, 7) is 4.72. The third-order valence-corrected chi connectivity index (χ3v) is 5.96. The molecule has 1 nitrogen and oxygen atoms in total. The molecule has 0 N–H and O–H groups in total. The molecule has 0 aromatic rings. The van der Waals surface area contributed by atoms with Gasteiger partial charge in [-0.25, -0.2) is 0 Å². The highest BCUT2D eigenvalue weighted by atomic mass is 16.5. The molecule has 2 saturated carbocycles. The second-order valence-electron chi connectivity index (χ2n) is 7.25. The lowest BCUT2D eigenvalue weighted by Crippen LogP contribution is -2.33. The minimum atomic E-state index is 0.539. The molecule has 0 amide bonds. The molecule has 0 radical (unpaired) electrons. The first-order valence-corrected chi connectivity index (χ1v) is 8.77. The van der Waals surface area contributed by atoms with Gasteiger partial charge in [-0.05, 0) is 55.8 Å². The third kappa shape index (κ3) is 4.21. The van der Waals surface area contributed by atoms with Gasteiger partial charge >= 0.3 is 0 Å². The van der Waals surface area contributed by atoms with Crippen molar-refractivity contribution < 1.29 is 4.74 Å². The molecule has 0 aliphatic heterocycles. The number of hydrogen-bond donors (Lipinski definition) is 0. The lowest BCUT2D eigenvalue weighted by Gasteiger charge is -2.40. The van der Waals surface area contributed by atoms with E-state index in [9.17, 15) is 0 Å². The zero-order chi connectivity index (χ0) is 13.7. The first kappa shape index (κ1) is 15.4. The summed E-state index contributed by atoms with van der Waals surface area (Å²) in [5, 5.41) is 0. The predicted octanol–water partition coefficient (Wildman–Crippen LogP) is 5.43. The van der Waals surface area contributed by atoms with E-state index in [2.05, 4.69) is 13.8 Å². The van der Waals surface area contributed by atoms with Crippen molar-refractivity contribution in [3.8, 4) is 0 Å². The zero-order valence-corrected chi connectivity index (χ0v) is 13.4. The Labute approximate surface area is 120 Å². The Balaban J connectivity index is 1.73. The summed E-state index contributed by atoms with van der Waals surface area (Å²) < 4.78 is 5.60. The van der Waals surface area contributed by atoms with Crippen LogP contribution in [0.3, 0.4) is 0 Å². The Morgan fingerprint density at radius 2 is 1.63 bits per heavy atom. The van der Waals surface area contributed by atoms with Crippen molar-refractivity contribution in [3.63, 3.8) is 0 Å². The molecule has 0 aromatic carbocycles. The molecule has 0 spiro atoms. The standard InChI is InChI=1S/C18H34O/c1-4-5-6-15-7-9-16(10-8-15)17-11-12-18(19-3)14(2)13-17/h14-18H,4-13H2,1-3H3/t14-,15?,16?,17?,18-/m1/s1. The van der Waals surface area contributed by atoms with Gasteiger partial charge in [0.15, 0.2) is 0 Å². The van der Waals surface area contributed by atoms with Gasteiger partial charge in [-0.3, -0.25) is 0 Å². The van der Waals surface area contributed by atoms with Crippen LogP contribution in [-0.4, -0.2) is 13.2 Å². The fourth-order valence-corrected chi connectivity index (χ4v) is 4.63. The zero-order valence-electron chi connectivity index (χ0n) is 13.4. The monoisotopic (exact) mass is 266 g/mol. The molecular formula is C18H34O. The smallest absolute Gasteiger partial charge is 0.0597 e. The summed E-state index contributed by atoms with van der Waals surface area (Å²) in [7, 11) is 1.89. The summed E-state index contributed by atoms with van der Waals surface area (Å²) in [5.41, 5.74) is 0. The van der Waals surface area contributed by atoms with Gasteiger partial charge in [0.25, 0.3) is 0 Å². The fraction of sp³-hybridized carbons (Fsp3) is 1.00. The van der Waals surface area contributed by atoms with Crippen LogP contribution in [0.5, 0.6) is 0 Å². The maximum absolute atomic E-state index is 5.60. The van der Waals surface area contributed by atoms with E-state index in [1.54, 1.807) is 0 Å². The van der Waals surface area contributed by atoms with E-state index >= 15 is 0 Å². The van der Waals surface area contributed by atoms with Crippen LogP contribution in [0, 0.1) is 23.7 Å². The summed E-state index contributed by atoms with van der Waals surface area (Å²) in [5.74, 6) is 3.89. The Hall–Kier alpha value is -0.0400. The van der Waals surface area contributed by atoms with Crippen LogP contribution in [0.1, 0.15) is 78.1 Å². The molecule has 3 atom stereocenters. The van der Waals surface area contributed by atoms with Gasteiger partial charge in [0.2, 0.25) is 0 Å². The summed E-state index contributed by atoms with van der Waals surface area (Å²) in [4.78, 5) is 0. The van der Waals surface area contributed by atoms with E-state index in [-0.39, 0.29) is 0 Å². The molecule has 2 fully saturated rings. The topological polar surface area (TPSA) is 9.23 Å². The largest absolute Gasteiger partial charge is 0.381 e. The van der Waals surface area contributed by atoms with Crippen molar-refractivity contribution in [1.29, 1.82) is 0 Å². The molecule has 1 unspecified atom stereocenters. The number of ether oxygens (including phenoxy) is 1. The lowest BCUT2D eigenvalue weighted by molar-refractivity contribution is -0.000221. The molecule has 2 aliphatic rings. The molecule has 0 aromatic heterocycles. The maximum atomic E-state index is 5.60. The van der Waals surface area contributed by atoms with Crippen LogP contribution in [0.15, 0.2) is 0 Å². The van der Waals surface area contributed by atoms with Crippen LogP contribution >= 0.6 is 0 Å². The van der Waals surface area contributed by atoms with Crippen molar-refractivity contribution in [2.45, 2.75) is 84.2 Å². The maximum Gasteiger partial charge on any atom is 0.0597 e. The number of unbranched alkanes of at least 4 members (excludes halogenated alkanes) is 1. The molecule has 0 saturated heterocycles. The van der Waals surface area contributed by atoms with Gasteiger partial charge in [0, 0.05) is 7.11 Å². The van der Waals surface area contributed by atoms with Crippen molar-refractivity contribution in [2.75, 3.05) is 7.11 Å². The van der Waals surface area contributed by atoms with E-state index in [0.717, 1.165) is 23.7 Å². The Bertz CT molecular complexity index is 242. The lowest BCUT2D eigenvalue weighted by atomic mass is 9.68. The Morgan fingerprint density at radius 1 is 0.947 bits per heavy atom. The molecule has 112 valence electrons. The van der Waals surface area contributed by atoms with E-state index in [1.807, 2.05) is 7.11 Å². The van der Waals surface area contributed by atoms with Crippen molar-refractivity contribution in [2.24, 2.45) is 23.7 Å². The van der Waals surface area contributed by atoms with E-state index in [1.165, 1.54) is 64.2 Å². The van der Waals surface area contributed by atoms with Crippen molar-refractivity contribution in [3.05, 3.63) is 0 Å². The van der Waals surface area contributed by atoms with Crippen LogP contribution in [0.4, 0.5) is 0 Å². The highest BCUT2D eigenvalue weighted by Gasteiger charge is 2.33.